The summed E-state index contributed by atoms with van der Waals surface area (Å²) in [4.78, 5) is 26.8. The molecule has 0 aliphatic carbocycles. The maximum atomic E-state index is 12.4. The summed E-state index contributed by atoms with van der Waals surface area (Å²) in [6, 6.07) is 6.31. The third-order valence-corrected chi connectivity index (χ3v) is 6.03. The second-order valence-electron chi connectivity index (χ2n) is 6.55. The third kappa shape index (κ3) is 5.43. The predicted octanol–water partition coefficient (Wildman–Crippen LogP) is 1.11. The van der Waals surface area contributed by atoms with Crippen LogP contribution in [-0.2, 0) is 14.8 Å². The summed E-state index contributed by atoms with van der Waals surface area (Å²) in [7, 11) is -3.47. The SMILES string of the molecule is CCN(CC)c1ccc(C(=O)NNC(=O)[C@H]2CCCCN2S(C)(=O)=O)cc1. The van der Waals surface area contributed by atoms with Crippen molar-refractivity contribution in [3.8, 4) is 0 Å². The van der Waals surface area contributed by atoms with Gasteiger partial charge in [-0.1, -0.05) is 6.42 Å². The number of anilines is 1. The first-order valence-electron chi connectivity index (χ1n) is 9.20. The molecular formula is C18H28N4O4S. The highest BCUT2D eigenvalue weighted by Crippen LogP contribution is 2.20. The fourth-order valence-electron chi connectivity index (χ4n) is 3.25. The summed E-state index contributed by atoms with van der Waals surface area (Å²) < 4.78 is 24.9. The summed E-state index contributed by atoms with van der Waals surface area (Å²) in [6.45, 7) is 6.18. The van der Waals surface area contributed by atoms with Crippen molar-refractivity contribution in [3.05, 3.63) is 29.8 Å². The van der Waals surface area contributed by atoms with Crippen molar-refractivity contribution in [2.75, 3.05) is 30.8 Å². The number of carbonyl (C=O) groups excluding carboxylic acids is 2. The Bertz CT molecular complexity index is 760. The molecule has 1 aliphatic heterocycles. The molecule has 2 rings (SSSR count). The van der Waals surface area contributed by atoms with Gasteiger partial charge < -0.3 is 4.90 Å². The molecule has 0 unspecified atom stereocenters. The molecule has 150 valence electrons. The van der Waals surface area contributed by atoms with E-state index >= 15 is 0 Å². The normalized spacial score (nSPS) is 18.0. The van der Waals surface area contributed by atoms with Crippen LogP contribution in [-0.4, -0.2) is 56.5 Å². The molecular weight excluding hydrogens is 368 g/mol. The van der Waals surface area contributed by atoms with E-state index in [2.05, 4.69) is 29.6 Å². The lowest BCUT2D eigenvalue weighted by molar-refractivity contribution is -0.126. The Morgan fingerprint density at radius 2 is 1.74 bits per heavy atom. The van der Waals surface area contributed by atoms with Gasteiger partial charge in [0.05, 0.1) is 6.26 Å². The number of carbonyl (C=O) groups is 2. The average Bonchev–Trinajstić information content (AvgIpc) is 2.66. The maximum Gasteiger partial charge on any atom is 0.269 e. The van der Waals surface area contributed by atoms with Gasteiger partial charge in [0.15, 0.2) is 0 Å². The van der Waals surface area contributed by atoms with Crippen LogP contribution in [0.3, 0.4) is 0 Å². The van der Waals surface area contributed by atoms with Gasteiger partial charge in [-0.2, -0.15) is 4.31 Å². The van der Waals surface area contributed by atoms with Crippen LogP contribution in [0.2, 0.25) is 0 Å². The fourth-order valence-corrected chi connectivity index (χ4v) is 4.37. The highest BCUT2D eigenvalue weighted by atomic mass is 32.2. The van der Waals surface area contributed by atoms with Gasteiger partial charge >= 0.3 is 0 Å². The zero-order chi connectivity index (χ0) is 20.0. The van der Waals surface area contributed by atoms with Crippen LogP contribution in [0.25, 0.3) is 0 Å². The van der Waals surface area contributed by atoms with E-state index in [0.29, 0.717) is 18.5 Å². The van der Waals surface area contributed by atoms with Crippen molar-refractivity contribution in [1.29, 1.82) is 0 Å². The first-order valence-corrected chi connectivity index (χ1v) is 11.0. The molecule has 1 aliphatic rings. The number of hydrogen-bond acceptors (Lipinski definition) is 5. The van der Waals surface area contributed by atoms with E-state index in [9.17, 15) is 18.0 Å². The van der Waals surface area contributed by atoms with E-state index in [0.717, 1.165) is 37.9 Å². The molecule has 0 aromatic heterocycles. The van der Waals surface area contributed by atoms with Gasteiger partial charge in [0.1, 0.15) is 6.04 Å². The number of amides is 2. The molecule has 0 radical (unpaired) electrons. The Balaban J connectivity index is 1.97. The fraction of sp³-hybridized carbons (Fsp3) is 0.556. The number of piperidine rings is 1. The molecule has 27 heavy (non-hydrogen) atoms. The highest BCUT2D eigenvalue weighted by Gasteiger charge is 2.34. The number of nitrogens with one attached hydrogen (secondary N) is 2. The molecule has 0 spiro atoms. The maximum absolute atomic E-state index is 12.4. The Morgan fingerprint density at radius 3 is 2.30 bits per heavy atom. The summed E-state index contributed by atoms with van der Waals surface area (Å²) in [5.74, 6) is -0.968. The van der Waals surface area contributed by atoms with Crippen LogP contribution in [0, 0.1) is 0 Å². The molecule has 1 saturated heterocycles. The van der Waals surface area contributed by atoms with Crippen molar-refractivity contribution in [2.45, 2.75) is 39.2 Å². The highest BCUT2D eigenvalue weighted by molar-refractivity contribution is 7.88. The van der Waals surface area contributed by atoms with E-state index in [-0.39, 0.29) is 0 Å². The Kier molecular flexibility index (Phi) is 7.20. The van der Waals surface area contributed by atoms with E-state index in [1.165, 1.54) is 4.31 Å². The molecule has 2 amide bonds. The minimum absolute atomic E-state index is 0.317. The predicted molar refractivity (Wildman–Crippen MR) is 105 cm³/mol. The van der Waals surface area contributed by atoms with E-state index in [1.54, 1.807) is 12.1 Å². The van der Waals surface area contributed by atoms with Crippen LogP contribution < -0.4 is 15.8 Å². The first-order chi connectivity index (χ1) is 12.8. The van der Waals surface area contributed by atoms with Gasteiger partial charge in [0, 0.05) is 30.9 Å². The number of nitrogens with zero attached hydrogens (tertiary/aromatic N) is 2. The lowest BCUT2D eigenvalue weighted by Gasteiger charge is -2.32. The van der Waals surface area contributed by atoms with E-state index in [1.807, 2.05) is 12.1 Å². The second kappa shape index (κ2) is 9.18. The Labute approximate surface area is 160 Å². The molecule has 1 aromatic carbocycles. The molecule has 8 nitrogen and oxygen atoms in total. The molecule has 9 heteroatoms. The van der Waals surface area contributed by atoms with Gasteiger partial charge in [-0.25, -0.2) is 8.42 Å². The van der Waals surface area contributed by atoms with Crippen molar-refractivity contribution in [1.82, 2.24) is 15.2 Å². The minimum Gasteiger partial charge on any atom is -0.372 e. The minimum atomic E-state index is -3.47. The van der Waals surface area contributed by atoms with E-state index in [4.69, 9.17) is 0 Å². The molecule has 0 bridgehead atoms. The van der Waals surface area contributed by atoms with Crippen LogP contribution in [0.5, 0.6) is 0 Å². The van der Waals surface area contributed by atoms with Gasteiger partial charge in [0.25, 0.3) is 11.8 Å². The topological polar surface area (TPSA) is 98.8 Å². The molecule has 1 atom stereocenters. The standard InChI is InChI=1S/C18H28N4O4S/c1-4-21(5-2)15-11-9-14(10-12-15)17(23)19-20-18(24)16-8-6-7-13-22(16)27(3,25)26/h9-12,16H,4-8,13H2,1-3H3,(H,19,23)(H,20,24)/t16-/m1/s1. The zero-order valence-electron chi connectivity index (χ0n) is 16.1. The second-order valence-corrected chi connectivity index (χ2v) is 8.48. The number of hydrogen-bond donors (Lipinski definition) is 2. The van der Waals surface area contributed by atoms with Crippen molar-refractivity contribution >= 4 is 27.5 Å². The molecule has 0 saturated carbocycles. The largest absolute Gasteiger partial charge is 0.372 e. The van der Waals surface area contributed by atoms with Crippen molar-refractivity contribution < 1.29 is 18.0 Å². The van der Waals surface area contributed by atoms with Crippen molar-refractivity contribution in [2.24, 2.45) is 0 Å². The Hall–Kier alpha value is -2.13. The smallest absolute Gasteiger partial charge is 0.269 e. The lowest BCUT2D eigenvalue weighted by atomic mass is 10.0. The van der Waals surface area contributed by atoms with E-state index < -0.39 is 27.9 Å². The number of sulfonamides is 1. The molecule has 1 heterocycles. The Morgan fingerprint density at radius 1 is 1.11 bits per heavy atom. The molecule has 1 fully saturated rings. The summed E-state index contributed by atoms with van der Waals surface area (Å²) in [5.41, 5.74) is 6.16. The van der Waals surface area contributed by atoms with Gasteiger partial charge in [-0.3, -0.25) is 20.4 Å². The number of rotatable bonds is 6. The summed E-state index contributed by atoms with van der Waals surface area (Å²) >= 11 is 0. The van der Waals surface area contributed by atoms with Crippen LogP contribution >= 0.6 is 0 Å². The summed E-state index contributed by atoms with van der Waals surface area (Å²) in [5, 5.41) is 0. The monoisotopic (exact) mass is 396 g/mol. The quantitative estimate of drug-likeness (QED) is 0.702. The first kappa shape index (κ1) is 21.2. The van der Waals surface area contributed by atoms with Crippen molar-refractivity contribution in [3.63, 3.8) is 0 Å². The summed E-state index contributed by atoms with van der Waals surface area (Å²) in [6.07, 6.45) is 3.02. The number of hydrazine groups is 1. The van der Waals surface area contributed by atoms with Crippen LogP contribution in [0.1, 0.15) is 43.5 Å². The van der Waals surface area contributed by atoms with Crippen LogP contribution in [0.4, 0.5) is 5.69 Å². The zero-order valence-corrected chi connectivity index (χ0v) is 16.9. The van der Waals surface area contributed by atoms with Gasteiger partial charge in [-0.05, 0) is 51.0 Å². The lowest BCUT2D eigenvalue weighted by Crippen LogP contribution is -2.55. The average molecular weight is 397 g/mol. The van der Waals surface area contributed by atoms with Crippen LogP contribution in [0.15, 0.2) is 24.3 Å². The third-order valence-electron chi connectivity index (χ3n) is 4.74. The van der Waals surface area contributed by atoms with Gasteiger partial charge in [-0.15, -0.1) is 0 Å². The molecule has 1 aromatic rings. The molecule has 2 N–H and O–H groups in total. The number of benzene rings is 1. The van der Waals surface area contributed by atoms with Gasteiger partial charge in [0.2, 0.25) is 10.0 Å².